The van der Waals surface area contributed by atoms with Gasteiger partial charge in [-0.25, -0.2) is 4.98 Å². The average Bonchev–Trinajstić information content (AvgIpc) is 2.38. The van der Waals surface area contributed by atoms with Gasteiger partial charge in [-0.05, 0) is 37.6 Å². The molecule has 4 heteroatoms. The summed E-state index contributed by atoms with van der Waals surface area (Å²) in [5.41, 5.74) is 3.33. The van der Waals surface area contributed by atoms with Gasteiger partial charge in [0.25, 0.3) is 0 Å². The molecule has 1 fully saturated rings. The largest absolute Gasteiger partial charge is 0.314 e. The number of pyridine rings is 1. The summed E-state index contributed by atoms with van der Waals surface area (Å²) in [6.45, 7) is 8.46. The minimum absolute atomic E-state index is 0.634. The van der Waals surface area contributed by atoms with Crippen LogP contribution in [0.2, 0.25) is 5.15 Å². The van der Waals surface area contributed by atoms with Crippen molar-refractivity contribution in [2.75, 3.05) is 19.6 Å². The van der Waals surface area contributed by atoms with E-state index in [-0.39, 0.29) is 0 Å². The Morgan fingerprint density at radius 2 is 2.14 bits per heavy atom. The van der Waals surface area contributed by atoms with Crippen LogP contribution < -0.4 is 5.32 Å². The molecule has 0 saturated carbocycles. The molecule has 1 aliphatic heterocycles. The summed E-state index contributed by atoms with van der Waals surface area (Å²) in [4.78, 5) is 7.09. The predicted octanol–water partition coefficient (Wildman–Crippen LogP) is 3.38. The third kappa shape index (κ3) is 3.20. The highest BCUT2D eigenvalue weighted by atomic mass is 35.5. The molecule has 0 aliphatic carbocycles. The van der Waals surface area contributed by atoms with Gasteiger partial charge in [0.1, 0.15) is 5.15 Å². The van der Waals surface area contributed by atoms with Crippen molar-refractivity contribution in [3.8, 4) is 0 Å². The first-order valence-electron chi connectivity index (χ1n) is 7.68. The van der Waals surface area contributed by atoms with Crippen LogP contribution in [-0.2, 0) is 6.54 Å². The van der Waals surface area contributed by atoms with Gasteiger partial charge in [-0.15, -0.1) is 0 Å². The summed E-state index contributed by atoms with van der Waals surface area (Å²) in [5.74, 6) is 0. The van der Waals surface area contributed by atoms with Crippen molar-refractivity contribution in [3.63, 3.8) is 0 Å². The number of aryl methyl sites for hydroxylation is 1. The van der Waals surface area contributed by atoms with Gasteiger partial charge in [-0.1, -0.05) is 30.7 Å². The number of rotatable bonds is 5. The van der Waals surface area contributed by atoms with E-state index < -0.39 is 0 Å². The smallest absolute Gasteiger partial charge is 0.134 e. The number of halogens is 1. The molecular weight excluding hydrogens is 282 g/mol. The lowest BCUT2D eigenvalue weighted by Gasteiger charge is -2.38. The maximum atomic E-state index is 6.41. The minimum atomic E-state index is 0.634. The summed E-state index contributed by atoms with van der Waals surface area (Å²) in [6.07, 6.45) is 1.16. The van der Waals surface area contributed by atoms with Crippen LogP contribution in [0.3, 0.4) is 0 Å². The highest BCUT2D eigenvalue weighted by Crippen LogP contribution is 2.24. The van der Waals surface area contributed by atoms with Gasteiger partial charge >= 0.3 is 0 Å². The second kappa shape index (κ2) is 6.30. The Morgan fingerprint density at radius 1 is 1.33 bits per heavy atom. The number of nitrogens with zero attached hydrogens (tertiary/aromatic N) is 2. The molecule has 0 amide bonds. The fourth-order valence-corrected chi connectivity index (χ4v) is 3.04. The Kier molecular flexibility index (Phi) is 4.43. The zero-order chi connectivity index (χ0) is 14.8. The van der Waals surface area contributed by atoms with Gasteiger partial charge in [0.05, 0.1) is 5.52 Å². The lowest BCUT2D eigenvalue weighted by molar-refractivity contribution is 0.138. The molecular formula is C17H22ClN3. The molecule has 0 spiro atoms. The van der Waals surface area contributed by atoms with E-state index in [9.17, 15) is 0 Å². The molecule has 1 aliphatic rings. The van der Waals surface area contributed by atoms with E-state index in [0.717, 1.165) is 43.7 Å². The Bertz CT molecular complexity index is 637. The molecule has 0 unspecified atom stereocenters. The highest BCUT2D eigenvalue weighted by Gasteiger charge is 2.24. The summed E-state index contributed by atoms with van der Waals surface area (Å²) >= 11 is 6.41. The minimum Gasteiger partial charge on any atom is -0.314 e. The number of hydrogen-bond donors (Lipinski definition) is 1. The Hall–Kier alpha value is -1.16. The van der Waals surface area contributed by atoms with E-state index in [2.05, 4.69) is 53.3 Å². The van der Waals surface area contributed by atoms with E-state index in [1.54, 1.807) is 0 Å². The SMILES string of the molecule is CCCN(Cc1cc2ccc(C)cc2nc1Cl)C1CNC1. The normalized spacial score (nSPS) is 15.6. The summed E-state index contributed by atoms with van der Waals surface area (Å²) in [7, 11) is 0. The fourth-order valence-electron chi connectivity index (χ4n) is 2.84. The van der Waals surface area contributed by atoms with Gasteiger partial charge in [-0.2, -0.15) is 0 Å². The van der Waals surface area contributed by atoms with Gasteiger partial charge in [0.15, 0.2) is 0 Å². The van der Waals surface area contributed by atoms with E-state index >= 15 is 0 Å². The fraction of sp³-hybridized carbons (Fsp3) is 0.471. The molecule has 1 saturated heterocycles. The van der Waals surface area contributed by atoms with Crippen LogP contribution in [0, 0.1) is 6.92 Å². The molecule has 1 aromatic heterocycles. The number of benzene rings is 1. The maximum absolute atomic E-state index is 6.41. The molecule has 0 radical (unpaired) electrons. The second-order valence-corrected chi connectivity index (χ2v) is 6.28. The van der Waals surface area contributed by atoms with E-state index in [1.165, 1.54) is 10.9 Å². The maximum Gasteiger partial charge on any atom is 0.134 e. The Morgan fingerprint density at radius 3 is 2.81 bits per heavy atom. The standard InChI is InChI=1S/C17H22ClN3/c1-3-6-21(15-9-19-10-15)11-14-8-13-5-4-12(2)7-16(13)20-17(14)18/h4-5,7-8,15,19H,3,6,9-11H2,1-2H3. The number of nitrogens with one attached hydrogen (secondary N) is 1. The number of hydrogen-bond acceptors (Lipinski definition) is 3. The van der Waals surface area contributed by atoms with E-state index in [4.69, 9.17) is 11.6 Å². The molecule has 1 aromatic carbocycles. The molecule has 0 atom stereocenters. The van der Waals surface area contributed by atoms with Crippen LogP contribution in [0.15, 0.2) is 24.3 Å². The lowest BCUT2D eigenvalue weighted by Crippen LogP contribution is -2.57. The molecule has 1 N–H and O–H groups in total. The Balaban J connectivity index is 1.88. The van der Waals surface area contributed by atoms with Crippen molar-refractivity contribution >= 4 is 22.5 Å². The monoisotopic (exact) mass is 303 g/mol. The van der Waals surface area contributed by atoms with Gasteiger partial charge in [-0.3, -0.25) is 4.90 Å². The van der Waals surface area contributed by atoms with Crippen LogP contribution >= 0.6 is 11.6 Å². The van der Waals surface area contributed by atoms with Crippen LogP contribution in [0.4, 0.5) is 0 Å². The van der Waals surface area contributed by atoms with Gasteiger partial charge < -0.3 is 5.32 Å². The molecule has 3 nitrogen and oxygen atoms in total. The first-order chi connectivity index (χ1) is 10.2. The molecule has 3 rings (SSSR count). The molecule has 2 heterocycles. The van der Waals surface area contributed by atoms with Crippen LogP contribution in [-0.4, -0.2) is 35.6 Å². The van der Waals surface area contributed by atoms with E-state index in [1.807, 2.05) is 0 Å². The summed E-state index contributed by atoms with van der Waals surface area (Å²) < 4.78 is 0. The second-order valence-electron chi connectivity index (χ2n) is 5.92. The third-order valence-corrected chi connectivity index (χ3v) is 4.49. The third-order valence-electron chi connectivity index (χ3n) is 4.16. The first kappa shape index (κ1) is 14.8. The van der Waals surface area contributed by atoms with Crippen molar-refractivity contribution in [2.24, 2.45) is 0 Å². The first-order valence-corrected chi connectivity index (χ1v) is 8.05. The van der Waals surface area contributed by atoms with E-state index in [0.29, 0.717) is 11.2 Å². The molecule has 112 valence electrons. The number of aromatic nitrogens is 1. The molecule has 2 aromatic rings. The van der Waals surface area contributed by atoms with Crippen LogP contribution in [0.5, 0.6) is 0 Å². The van der Waals surface area contributed by atoms with Crippen molar-refractivity contribution in [3.05, 3.63) is 40.5 Å². The topological polar surface area (TPSA) is 28.2 Å². The van der Waals surface area contributed by atoms with Gasteiger partial charge in [0.2, 0.25) is 0 Å². The average molecular weight is 304 g/mol. The lowest BCUT2D eigenvalue weighted by atomic mass is 10.1. The van der Waals surface area contributed by atoms with Gasteiger partial charge in [0, 0.05) is 36.6 Å². The number of fused-ring (bicyclic) bond motifs is 1. The van der Waals surface area contributed by atoms with Crippen LogP contribution in [0.1, 0.15) is 24.5 Å². The van der Waals surface area contributed by atoms with Crippen molar-refractivity contribution in [1.82, 2.24) is 15.2 Å². The highest BCUT2D eigenvalue weighted by molar-refractivity contribution is 6.30. The molecule has 21 heavy (non-hydrogen) atoms. The quantitative estimate of drug-likeness (QED) is 0.858. The Labute approximate surface area is 131 Å². The predicted molar refractivity (Wildman–Crippen MR) is 88.8 cm³/mol. The van der Waals surface area contributed by atoms with Crippen LogP contribution in [0.25, 0.3) is 10.9 Å². The summed E-state index contributed by atoms with van der Waals surface area (Å²) in [6, 6.07) is 9.17. The molecule has 0 bridgehead atoms. The van der Waals surface area contributed by atoms with Crippen molar-refractivity contribution in [1.29, 1.82) is 0 Å². The van der Waals surface area contributed by atoms with Crippen molar-refractivity contribution < 1.29 is 0 Å². The van der Waals surface area contributed by atoms with Crippen molar-refractivity contribution in [2.45, 2.75) is 32.9 Å². The zero-order valence-corrected chi connectivity index (χ0v) is 13.5. The zero-order valence-electron chi connectivity index (χ0n) is 12.7. The summed E-state index contributed by atoms with van der Waals surface area (Å²) in [5, 5.41) is 5.16.